The number of unbranched alkanes of at least 4 members (excludes halogenated alkanes) is 1. The van der Waals surface area contributed by atoms with Crippen LogP contribution in [0.25, 0.3) is 0 Å². The number of piperazine rings is 1. The van der Waals surface area contributed by atoms with Crippen molar-refractivity contribution in [1.82, 2.24) is 19.7 Å². The predicted octanol–water partition coefficient (Wildman–Crippen LogP) is 6.20. The maximum atomic E-state index is 16.4. The molecule has 3 N–H and O–H groups in total. The highest BCUT2D eigenvalue weighted by Crippen LogP contribution is 2.53. The Morgan fingerprint density at radius 2 is 1.53 bits per heavy atom. The first kappa shape index (κ1) is 50.3. The molecule has 2 aromatic carbocycles. The number of primary amides is 1. The van der Waals surface area contributed by atoms with E-state index >= 15 is 4.39 Å². The van der Waals surface area contributed by atoms with E-state index in [-0.39, 0.29) is 23.3 Å². The zero-order valence-corrected chi connectivity index (χ0v) is 40.3. The van der Waals surface area contributed by atoms with E-state index < -0.39 is 23.0 Å². The molecule has 3 aromatic rings. The van der Waals surface area contributed by atoms with E-state index in [1.54, 1.807) is 43.2 Å². The standard InChI is InChI=1S/C46H61F2N7O5.C5H9NO2/c1-50-29-33-24-40(49-44(60-4)41(33)45(50)58)55-18-12-32(13-19-55)28-53-22-20-52(21-23-53)27-31-10-16-54(17-11-31)38-26-39(59-3)34(25-36(38)48)43(46(30-56)14-5-6-15-46)51(2)37-9-7-8-35(47)42(37)57;6-5(8)3-1-2-4-7/h7-9,24-26,30-32,43,57H,5-6,10-23,27-29H2,1-4H3;4H,1-3H2,(H2,6,8). The van der Waals surface area contributed by atoms with E-state index in [4.69, 9.17) is 20.2 Å². The molecule has 5 heterocycles. The number of anilines is 3. The molecule has 2 amide bonds. The molecule has 68 heavy (non-hydrogen) atoms. The van der Waals surface area contributed by atoms with Crippen molar-refractivity contribution in [3.05, 3.63) is 64.7 Å². The van der Waals surface area contributed by atoms with Crippen molar-refractivity contribution in [1.29, 1.82) is 0 Å². The first-order chi connectivity index (χ1) is 32.8. The summed E-state index contributed by atoms with van der Waals surface area (Å²) < 4.78 is 42.4. The van der Waals surface area contributed by atoms with Gasteiger partial charge in [0.05, 0.1) is 37.1 Å². The van der Waals surface area contributed by atoms with Gasteiger partial charge in [-0.3, -0.25) is 9.59 Å². The maximum Gasteiger partial charge on any atom is 0.259 e. The van der Waals surface area contributed by atoms with Gasteiger partial charge in [-0.25, -0.2) is 8.78 Å². The minimum atomic E-state index is -0.852. The Morgan fingerprint density at radius 3 is 2.09 bits per heavy atom. The number of fused-ring (bicyclic) bond motifs is 1. The van der Waals surface area contributed by atoms with Crippen molar-refractivity contribution < 1.29 is 42.5 Å². The second-order valence-corrected chi connectivity index (χ2v) is 19.4. The molecule has 3 saturated heterocycles. The topological polar surface area (TPSA) is 165 Å². The summed E-state index contributed by atoms with van der Waals surface area (Å²) in [6.45, 7) is 10.4. The van der Waals surface area contributed by atoms with Crippen LogP contribution in [0.5, 0.6) is 17.4 Å². The molecule has 15 nitrogen and oxygen atoms in total. The summed E-state index contributed by atoms with van der Waals surface area (Å²) in [6.07, 6.45) is 10.2. The number of pyridine rings is 1. The number of nitrogens with two attached hydrogens (primary N) is 1. The van der Waals surface area contributed by atoms with E-state index in [9.17, 15) is 28.7 Å². The molecule has 1 unspecified atom stereocenters. The van der Waals surface area contributed by atoms with Crippen LogP contribution in [0, 0.1) is 28.9 Å². The van der Waals surface area contributed by atoms with E-state index in [2.05, 4.69) is 25.7 Å². The first-order valence-corrected chi connectivity index (χ1v) is 24.3. The molecule has 8 rings (SSSR count). The number of nitrogens with zero attached hydrogens (tertiary/aromatic N) is 7. The van der Waals surface area contributed by atoms with E-state index in [0.717, 1.165) is 128 Å². The van der Waals surface area contributed by atoms with E-state index in [1.807, 2.05) is 7.05 Å². The molecule has 4 fully saturated rings. The molecule has 5 aliphatic rings. The number of methoxy groups -OCH3 is 2. The van der Waals surface area contributed by atoms with Crippen LogP contribution in [0.3, 0.4) is 0 Å². The third kappa shape index (κ3) is 11.3. The Bertz CT molecular complexity index is 2240. The average molecular weight is 945 g/mol. The number of rotatable bonds is 17. The number of benzene rings is 2. The number of phenolic OH excluding ortho intramolecular Hbond substituents is 1. The number of amides is 2. The fourth-order valence-electron chi connectivity index (χ4n) is 11.2. The van der Waals surface area contributed by atoms with Gasteiger partial charge in [0, 0.05) is 111 Å². The van der Waals surface area contributed by atoms with Gasteiger partial charge in [0.2, 0.25) is 11.8 Å². The Balaban J connectivity index is 0.000000785. The van der Waals surface area contributed by atoms with Gasteiger partial charge in [-0.15, -0.1) is 0 Å². The second kappa shape index (κ2) is 22.7. The minimum Gasteiger partial charge on any atom is -0.503 e. The Labute approximate surface area is 399 Å². The molecule has 17 heteroatoms. The summed E-state index contributed by atoms with van der Waals surface area (Å²) in [7, 11) is 6.68. The van der Waals surface area contributed by atoms with Gasteiger partial charge < -0.3 is 59.3 Å². The number of aldehydes is 2. The average Bonchev–Trinajstić information content (AvgIpc) is 3.94. The number of aromatic nitrogens is 1. The van der Waals surface area contributed by atoms with Crippen molar-refractivity contribution in [2.24, 2.45) is 23.0 Å². The van der Waals surface area contributed by atoms with Crippen molar-refractivity contribution in [2.45, 2.75) is 83.2 Å². The second-order valence-electron chi connectivity index (χ2n) is 19.4. The summed E-state index contributed by atoms with van der Waals surface area (Å²) in [5.74, 6) is 0.992. The number of phenols is 1. The van der Waals surface area contributed by atoms with Crippen LogP contribution in [0.1, 0.15) is 98.2 Å². The van der Waals surface area contributed by atoms with Crippen molar-refractivity contribution in [2.75, 3.05) is 108 Å². The van der Waals surface area contributed by atoms with E-state index in [1.165, 1.54) is 18.2 Å². The number of para-hydroxylation sites is 1. The van der Waals surface area contributed by atoms with Crippen LogP contribution in [0.4, 0.5) is 26.0 Å². The summed E-state index contributed by atoms with van der Waals surface area (Å²) in [6, 6.07) is 8.98. The third-order valence-electron chi connectivity index (χ3n) is 15.0. The number of carbonyl (C=O) groups excluding carboxylic acids is 4. The van der Waals surface area contributed by atoms with Crippen LogP contribution in [-0.4, -0.2) is 143 Å². The molecule has 1 saturated carbocycles. The van der Waals surface area contributed by atoms with Gasteiger partial charge in [0.15, 0.2) is 11.6 Å². The lowest BCUT2D eigenvalue weighted by molar-refractivity contribution is -0.118. The summed E-state index contributed by atoms with van der Waals surface area (Å²) in [5.41, 5.74) is 6.75. The van der Waals surface area contributed by atoms with Gasteiger partial charge in [0.25, 0.3) is 5.91 Å². The Morgan fingerprint density at radius 1 is 0.912 bits per heavy atom. The largest absolute Gasteiger partial charge is 0.503 e. The summed E-state index contributed by atoms with van der Waals surface area (Å²) in [5, 5.41) is 10.7. The molecular weight excluding hydrogens is 875 g/mol. The number of hydrogen-bond acceptors (Lipinski definition) is 13. The molecule has 1 aliphatic carbocycles. The number of aromatic hydroxyl groups is 1. The smallest absolute Gasteiger partial charge is 0.259 e. The van der Waals surface area contributed by atoms with Crippen molar-refractivity contribution in [3.63, 3.8) is 0 Å². The van der Waals surface area contributed by atoms with Crippen molar-refractivity contribution in [3.8, 4) is 17.4 Å². The fourth-order valence-corrected chi connectivity index (χ4v) is 11.2. The highest BCUT2D eigenvalue weighted by Gasteiger charge is 2.46. The number of ether oxygens (including phenoxy) is 2. The van der Waals surface area contributed by atoms with E-state index in [0.29, 0.717) is 78.9 Å². The lowest BCUT2D eigenvalue weighted by Gasteiger charge is -2.42. The zero-order valence-electron chi connectivity index (χ0n) is 40.3. The van der Waals surface area contributed by atoms with Crippen LogP contribution >= 0.6 is 0 Å². The third-order valence-corrected chi connectivity index (χ3v) is 15.0. The number of piperidine rings is 2. The first-order valence-electron chi connectivity index (χ1n) is 24.3. The SMILES string of the molecule is COc1cc(N2CCC(CN3CCN(CC4CCN(c5cc6c(c(OC)n5)C(=O)N(C)C6)CC4)CC3)CC2)c(F)cc1C(N(C)c1cccc(F)c1O)C1(C=O)CCCC1.NC(=O)CCCC=O. The molecule has 0 bridgehead atoms. The Hall–Kier alpha value is -5.55. The normalized spacial score (nSPS) is 19.6. The molecule has 1 atom stereocenters. The quantitative estimate of drug-likeness (QED) is 0.116. The zero-order chi connectivity index (χ0) is 48.5. The van der Waals surface area contributed by atoms with Gasteiger partial charge in [-0.1, -0.05) is 18.9 Å². The highest BCUT2D eigenvalue weighted by molar-refractivity contribution is 6.00. The predicted molar refractivity (Wildman–Crippen MR) is 258 cm³/mol. The van der Waals surface area contributed by atoms with Crippen LogP contribution in [0.15, 0.2) is 36.4 Å². The number of hydrogen-bond donors (Lipinski definition) is 2. The molecular formula is C51H70F2N8O7. The molecule has 370 valence electrons. The molecule has 0 radical (unpaired) electrons. The summed E-state index contributed by atoms with van der Waals surface area (Å²) >= 11 is 0. The van der Waals surface area contributed by atoms with Crippen LogP contribution in [-0.2, 0) is 20.9 Å². The Kier molecular flexibility index (Phi) is 16.8. The van der Waals surface area contributed by atoms with Crippen molar-refractivity contribution >= 4 is 41.6 Å². The summed E-state index contributed by atoms with van der Waals surface area (Å²) in [4.78, 5) is 62.9. The van der Waals surface area contributed by atoms with Crippen LogP contribution in [0.2, 0.25) is 0 Å². The lowest BCUT2D eigenvalue weighted by atomic mass is 9.75. The fraction of sp³-hybridized carbons (Fsp3) is 0.588. The van der Waals surface area contributed by atoms with Crippen LogP contribution < -0.4 is 29.9 Å². The lowest BCUT2D eigenvalue weighted by Crippen LogP contribution is -2.50. The maximum absolute atomic E-state index is 16.4. The monoisotopic (exact) mass is 945 g/mol. The van der Waals surface area contributed by atoms with Gasteiger partial charge >= 0.3 is 0 Å². The van der Waals surface area contributed by atoms with Gasteiger partial charge in [-0.2, -0.15) is 4.98 Å². The molecule has 1 aromatic heterocycles. The molecule has 4 aliphatic heterocycles. The number of carbonyl (C=O) groups is 4. The van der Waals surface area contributed by atoms with Gasteiger partial charge in [-0.05, 0) is 86.6 Å². The molecule has 0 spiro atoms. The van der Waals surface area contributed by atoms with Gasteiger partial charge in [0.1, 0.15) is 35.5 Å². The minimum absolute atomic E-state index is 0.0285. The highest BCUT2D eigenvalue weighted by atomic mass is 19.1. The number of halogens is 2.